The summed E-state index contributed by atoms with van der Waals surface area (Å²) in [6, 6.07) is 4.13. The lowest BCUT2D eigenvalue weighted by molar-refractivity contribution is -0.141. The van der Waals surface area contributed by atoms with Gasteiger partial charge in [-0.3, -0.25) is 9.67 Å². The molecule has 4 rings (SSSR count). The second kappa shape index (κ2) is 8.78. The highest BCUT2D eigenvalue weighted by Crippen LogP contribution is 2.31. The molecule has 7 nitrogen and oxygen atoms in total. The van der Waals surface area contributed by atoms with E-state index < -0.39 is 11.9 Å². The zero-order valence-electron chi connectivity index (χ0n) is 16.3. The second-order valence-corrected chi connectivity index (χ2v) is 7.22. The van der Waals surface area contributed by atoms with Gasteiger partial charge in [0, 0.05) is 36.8 Å². The van der Waals surface area contributed by atoms with E-state index in [1.807, 2.05) is 0 Å². The van der Waals surface area contributed by atoms with Crippen LogP contribution in [0.15, 0.2) is 43.0 Å². The average molecular weight is 417 g/mol. The number of rotatable bonds is 6. The monoisotopic (exact) mass is 417 g/mol. The Morgan fingerprint density at radius 1 is 1.03 bits per heavy atom. The van der Waals surface area contributed by atoms with E-state index in [0.717, 1.165) is 32.2 Å². The molecule has 0 bridgehead atoms. The number of alkyl halides is 3. The standard InChI is InChI=1S/C20H22F3N7/c21-20(22,23)17-11-18(28-19(27-17)15-5-4-6-24-12-15)26-16-13-25-30(14-16)10-9-29-7-2-1-3-8-29/h4-6,11-14H,1-3,7-10H2,(H,26,27,28). The van der Waals surface area contributed by atoms with Crippen LogP contribution in [-0.4, -0.2) is 49.3 Å². The summed E-state index contributed by atoms with van der Waals surface area (Å²) in [6.07, 6.45) is 5.45. The van der Waals surface area contributed by atoms with Crippen molar-refractivity contribution in [3.63, 3.8) is 0 Å². The zero-order valence-corrected chi connectivity index (χ0v) is 16.3. The van der Waals surface area contributed by atoms with Gasteiger partial charge in [-0.15, -0.1) is 0 Å². The third-order valence-electron chi connectivity index (χ3n) is 4.94. The van der Waals surface area contributed by atoms with Crippen molar-refractivity contribution >= 4 is 11.5 Å². The molecule has 1 aliphatic rings. The van der Waals surface area contributed by atoms with Crippen LogP contribution in [0.4, 0.5) is 24.7 Å². The van der Waals surface area contributed by atoms with Crippen LogP contribution >= 0.6 is 0 Å². The average Bonchev–Trinajstić information content (AvgIpc) is 3.20. The summed E-state index contributed by atoms with van der Waals surface area (Å²) >= 11 is 0. The lowest BCUT2D eigenvalue weighted by Gasteiger charge is -2.26. The zero-order chi connectivity index (χ0) is 21.0. The van der Waals surface area contributed by atoms with Crippen LogP contribution in [-0.2, 0) is 12.7 Å². The predicted octanol–water partition coefficient (Wildman–Crippen LogP) is 3.98. The molecule has 0 amide bonds. The van der Waals surface area contributed by atoms with Gasteiger partial charge in [-0.05, 0) is 38.1 Å². The number of pyridine rings is 1. The number of anilines is 2. The van der Waals surface area contributed by atoms with E-state index in [9.17, 15) is 13.2 Å². The summed E-state index contributed by atoms with van der Waals surface area (Å²) < 4.78 is 41.8. The molecule has 0 atom stereocenters. The normalized spacial score (nSPS) is 15.3. The molecule has 158 valence electrons. The maximum Gasteiger partial charge on any atom is 0.433 e. The van der Waals surface area contributed by atoms with Crippen molar-refractivity contribution in [1.29, 1.82) is 0 Å². The van der Waals surface area contributed by atoms with E-state index in [4.69, 9.17) is 0 Å². The minimum Gasteiger partial charge on any atom is -0.338 e. The van der Waals surface area contributed by atoms with Crippen LogP contribution in [0.1, 0.15) is 25.0 Å². The molecule has 1 N–H and O–H groups in total. The summed E-state index contributed by atoms with van der Waals surface area (Å²) in [5.41, 5.74) is -0.0437. The molecular formula is C20H22F3N7. The first-order valence-corrected chi connectivity index (χ1v) is 9.86. The SMILES string of the molecule is FC(F)(F)c1cc(Nc2cnn(CCN3CCCCC3)c2)nc(-c2cccnc2)n1. The molecule has 0 saturated carbocycles. The largest absolute Gasteiger partial charge is 0.433 e. The maximum absolute atomic E-state index is 13.3. The van der Waals surface area contributed by atoms with Gasteiger partial charge in [-0.25, -0.2) is 9.97 Å². The van der Waals surface area contributed by atoms with Crippen LogP contribution in [0.25, 0.3) is 11.4 Å². The van der Waals surface area contributed by atoms with Gasteiger partial charge in [0.25, 0.3) is 0 Å². The van der Waals surface area contributed by atoms with Crippen LogP contribution in [0.2, 0.25) is 0 Å². The molecular weight excluding hydrogens is 395 g/mol. The number of hydrogen-bond acceptors (Lipinski definition) is 6. The van der Waals surface area contributed by atoms with Gasteiger partial charge in [0.2, 0.25) is 0 Å². The van der Waals surface area contributed by atoms with Crippen LogP contribution in [0.3, 0.4) is 0 Å². The number of nitrogens with one attached hydrogen (secondary N) is 1. The number of nitrogens with zero attached hydrogens (tertiary/aromatic N) is 6. The number of hydrogen-bond donors (Lipinski definition) is 1. The smallest absolute Gasteiger partial charge is 0.338 e. The topological polar surface area (TPSA) is 71.8 Å². The van der Waals surface area contributed by atoms with Gasteiger partial charge in [-0.1, -0.05) is 6.42 Å². The van der Waals surface area contributed by atoms with Crippen LogP contribution in [0, 0.1) is 0 Å². The molecule has 1 saturated heterocycles. The van der Waals surface area contributed by atoms with Crippen LogP contribution < -0.4 is 5.32 Å². The van der Waals surface area contributed by atoms with Gasteiger partial charge in [0.05, 0.1) is 18.4 Å². The molecule has 4 heterocycles. The molecule has 0 radical (unpaired) electrons. The lowest BCUT2D eigenvalue weighted by Crippen LogP contribution is -2.32. The minimum absolute atomic E-state index is 0.0436. The quantitative estimate of drug-likeness (QED) is 0.654. The number of aromatic nitrogens is 5. The summed E-state index contributed by atoms with van der Waals surface area (Å²) in [5, 5.41) is 7.22. The van der Waals surface area contributed by atoms with Crippen molar-refractivity contribution in [3.8, 4) is 11.4 Å². The van der Waals surface area contributed by atoms with Crippen molar-refractivity contribution in [2.75, 3.05) is 25.0 Å². The molecule has 30 heavy (non-hydrogen) atoms. The lowest BCUT2D eigenvalue weighted by atomic mass is 10.1. The molecule has 3 aromatic heterocycles. The predicted molar refractivity (Wildman–Crippen MR) is 106 cm³/mol. The Hall–Kier alpha value is -3.01. The van der Waals surface area contributed by atoms with E-state index in [-0.39, 0.29) is 11.6 Å². The highest BCUT2D eigenvalue weighted by Gasteiger charge is 2.34. The van der Waals surface area contributed by atoms with Crippen molar-refractivity contribution in [2.24, 2.45) is 0 Å². The maximum atomic E-state index is 13.3. The third kappa shape index (κ3) is 5.12. The van der Waals surface area contributed by atoms with Crippen molar-refractivity contribution in [1.82, 2.24) is 29.6 Å². The fourth-order valence-electron chi connectivity index (χ4n) is 3.41. The molecule has 0 spiro atoms. The first-order chi connectivity index (χ1) is 14.5. The Balaban J connectivity index is 1.50. The molecule has 10 heteroatoms. The number of likely N-dealkylation sites (tertiary alicyclic amines) is 1. The van der Waals surface area contributed by atoms with Gasteiger partial charge in [-0.2, -0.15) is 18.3 Å². The van der Waals surface area contributed by atoms with Gasteiger partial charge < -0.3 is 10.2 Å². The van der Waals surface area contributed by atoms with Crippen molar-refractivity contribution in [2.45, 2.75) is 32.0 Å². The van der Waals surface area contributed by atoms with E-state index >= 15 is 0 Å². The van der Waals surface area contributed by atoms with E-state index in [0.29, 0.717) is 11.3 Å². The molecule has 1 fully saturated rings. The fraction of sp³-hybridized carbons (Fsp3) is 0.400. The highest BCUT2D eigenvalue weighted by molar-refractivity contribution is 5.60. The second-order valence-electron chi connectivity index (χ2n) is 7.22. The Morgan fingerprint density at radius 3 is 2.60 bits per heavy atom. The number of piperidine rings is 1. The van der Waals surface area contributed by atoms with Gasteiger partial charge >= 0.3 is 6.18 Å². The Bertz CT molecular complexity index is 966. The van der Waals surface area contributed by atoms with E-state index in [2.05, 4.69) is 30.3 Å². The van der Waals surface area contributed by atoms with Crippen molar-refractivity contribution in [3.05, 3.63) is 48.7 Å². The molecule has 0 aliphatic carbocycles. The summed E-state index contributed by atoms with van der Waals surface area (Å²) in [5.74, 6) is 0.00433. The number of halogens is 3. The van der Waals surface area contributed by atoms with Crippen LogP contribution in [0.5, 0.6) is 0 Å². The van der Waals surface area contributed by atoms with Crippen molar-refractivity contribution < 1.29 is 13.2 Å². The Labute approximate surface area is 172 Å². The first-order valence-electron chi connectivity index (χ1n) is 9.86. The van der Waals surface area contributed by atoms with Gasteiger partial charge in [0.1, 0.15) is 5.82 Å². The fourth-order valence-corrected chi connectivity index (χ4v) is 3.41. The first kappa shape index (κ1) is 20.3. The summed E-state index contributed by atoms with van der Waals surface area (Å²) in [6.45, 7) is 3.83. The molecule has 3 aromatic rings. The Kier molecular flexibility index (Phi) is 5.93. The minimum atomic E-state index is -4.59. The summed E-state index contributed by atoms with van der Waals surface area (Å²) in [4.78, 5) is 14.2. The highest BCUT2D eigenvalue weighted by atomic mass is 19.4. The molecule has 0 unspecified atom stereocenters. The summed E-state index contributed by atoms with van der Waals surface area (Å²) in [7, 11) is 0. The van der Waals surface area contributed by atoms with Gasteiger partial charge in [0.15, 0.2) is 11.5 Å². The third-order valence-corrected chi connectivity index (χ3v) is 4.94. The molecule has 0 aromatic carbocycles. The Morgan fingerprint density at radius 2 is 1.87 bits per heavy atom. The van der Waals surface area contributed by atoms with E-state index in [1.165, 1.54) is 31.7 Å². The van der Waals surface area contributed by atoms with E-state index in [1.54, 1.807) is 29.2 Å². The molecule has 1 aliphatic heterocycles.